The third-order valence-electron chi connectivity index (χ3n) is 2.15. The summed E-state index contributed by atoms with van der Waals surface area (Å²) < 4.78 is 2.10. The predicted octanol–water partition coefficient (Wildman–Crippen LogP) is 2.63. The van der Waals surface area contributed by atoms with Crippen molar-refractivity contribution < 1.29 is 0 Å². The van der Waals surface area contributed by atoms with Crippen LogP contribution in [0, 0.1) is 31.1 Å². The van der Waals surface area contributed by atoms with Crippen molar-refractivity contribution in [2.45, 2.75) is 34.2 Å². The predicted molar refractivity (Wildman–Crippen MR) is 53.5 cm³/mol. The fraction of sp³-hybridized carbons (Fsp3) is 0.545. The van der Waals surface area contributed by atoms with Crippen molar-refractivity contribution >= 4 is 0 Å². The van der Waals surface area contributed by atoms with Crippen LogP contribution in [0.3, 0.4) is 0 Å². The van der Waals surface area contributed by atoms with Gasteiger partial charge < -0.3 is 4.57 Å². The first-order valence-corrected chi connectivity index (χ1v) is 4.63. The number of hydrogen-bond donors (Lipinski definition) is 0. The Balaban J connectivity index is 3.12. The zero-order valence-corrected chi connectivity index (χ0v) is 8.76. The van der Waals surface area contributed by atoms with Crippen molar-refractivity contribution in [1.82, 2.24) is 4.57 Å². The maximum atomic E-state index is 8.95. The molecule has 0 radical (unpaired) electrons. The van der Waals surface area contributed by atoms with Gasteiger partial charge >= 0.3 is 0 Å². The van der Waals surface area contributed by atoms with Crippen LogP contribution in [0.4, 0.5) is 0 Å². The standard InChI is InChI=1S/C11H16N2/c1-8(2)7-13-10(4)5-9(3)11(13)6-12/h5,8H,7H2,1-4H3. The topological polar surface area (TPSA) is 28.7 Å². The van der Waals surface area contributed by atoms with Crippen LogP contribution in [0.25, 0.3) is 0 Å². The van der Waals surface area contributed by atoms with Gasteiger partial charge in [-0.15, -0.1) is 0 Å². The number of aromatic nitrogens is 1. The maximum absolute atomic E-state index is 8.95. The summed E-state index contributed by atoms with van der Waals surface area (Å²) in [6.45, 7) is 9.30. The van der Waals surface area contributed by atoms with E-state index in [0.29, 0.717) is 5.92 Å². The number of nitriles is 1. The molecule has 0 aliphatic rings. The molecule has 1 rings (SSSR count). The SMILES string of the molecule is Cc1cc(C)n(CC(C)C)c1C#N. The molecular weight excluding hydrogens is 160 g/mol. The van der Waals surface area contributed by atoms with Gasteiger partial charge in [0.15, 0.2) is 0 Å². The van der Waals surface area contributed by atoms with Gasteiger partial charge in [-0.25, -0.2) is 0 Å². The molecule has 2 heteroatoms. The van der Waals surface area contributed by atoms with E-state index < -0.39 is 0 Å². The van der Waals surface area contributed by atoms with Gasteiger partial charge in [0.1, 0.15) is 11.8 Å². The third-order valence-corrected chi connectivity index (χ3v) is 2.15. The molecule has 0 spiro atoms. The molecule has 0 amide bonds. The Morgan fingerprint density at radius 2 is 2.08 bits per heavy atom. The van der Waals surface area contributed by atoms with Crippen LogP contribution in [0.2, 0.25) is 0 Å². The fourth-order valence-electron chi connectivity index (χ4n) is 1.60. The van der Waals surface area contributed by atoms with Crippen molar-refractivity contribution in [2.75, 3.05) is 0 Å². The lowest BCUT2D eigenvalue weighted by Gasteiger charge is -2.10. The van der Waals surface area contributed by atoms with E-state index in [9.17, 15) is 0 Å². The zero-order valence-electron chi connectivity index (χ0n) is 8.76. The summed E-state index contributed by atoms with van der Waals surface area (Å²) in [7, 11) is 0. The average Bonchev–Trinajstić information content (AvgIpc) is 2.26. The van der Waals surface area contributed by atoms with Gasteiger partial charge in [0, 0.05) is 12.2 Å². The maximum Gasteiger partial charge on any atom is 0.123 e. The minimum atomic E-state index is 0.581. The van der Waals surface area contributed by atoms with E-state index in [0.717, 1.165) is 17.8 Å². The lowest BCUT2D eigenvalue weighted by atomic mass is 10.2. The molecule has 0 atom stereocenters. The highest BCUT2D eigenvalue weighted by molar-refractivity contribution is 5.35. The molecule has 0 aromatic carbocycles. The molecule has 13 heavy (non-hydrogen) atoms. The highest BCUT2D eigenvalue weighted by atomic mass is 15.0. The van der Waals surface area contributed by atoms with Gasteiger partial charge in [-0.05, 0) is 31.4 Å². The molecule has 0 N–H and O–H groups in total. The number of rotatable bonds is 2. The number of hydrogen-bond acceptors (Lipinski definition) is 1. The molecule has 2 nitrogen and oxygen atoms in total. The van der Waals surface area contributed by atoms with Gasteiger partial charge in [0.2, 0.25) is 0 Å². The first-order chi connectivity index (χ1) is 6.06. The summed E-state index contributed by atoms with van der Waals surface area (Å²) in [6.07, 6.45) is 0. The lowest BCUT2D eigenvalue weighted by molar-refractivity contribution is 0.513. The molecule has 1 aromatic heterocycles. The molecule has 0 saturated heterocycles. The molecule has 0 aliphatic carbocycles. The second-order valence-electron chi connectivity index (χ2n) is 3.93. The second-order valence-corrected chi connectivity index (χ2v) is 3.93. The van der Waals surface area contributed by atoms with Crippen molar-refractivity contribution in [1.29, 1.82) is 5.26 Å². The van der Waals surface area contributed by atoms with E-state index in [1.165, 1.54) is 5.69 Å². The number of nitrogens with zero attached hydrogens (tertiary/aromatic N) is 2. The largest absolute Gasteiger partial charge is 0.336 e. The first kappa shape index (κ1) is 9.85. The Morgan fingerprint density at radius 1 is 1.46 bits per heavy atom. The highest BCUT2D eigenvalue weighted by Crippen LogP contribution is 2.15. The summed E-state index contributed by atoms with van der Waals surface area (Å²) in [5.41, 5.74) is 3.08. The molecule has 0 unspecified atom stereocenters. The average molecular weight is 176 g/mol. The molecular formula is C11H16N2. The normalized spacial score (nSPS) is 10.5. The molecule has 0 bridgehead atoms. The summed E-state index contributed by atoms with van der Waals surface area (Å²) in [6, 6.07) is 4.32. The van der Waals surface area contributed by atoms with Crippen molar-refractivity contribution in [3.63, 3.8) is 0 Å². The minimum absolute atomic E-state index is 0.581. The molecule has 1 heterocycles. The molecule has 1 aromatic rings. The summed E-state index contributed by atoms with van der Waals surface area (Å²) in [5, 5.41) is 8.95. The van der Waals surface area contributed by atoms with E-state index in [2.05, 4.69) is 37.5 Å². The Morgan fingerprint density at radius 3 is 2.54 bits per heavy atom. The van der Waals surface area contributed by atoms with Crippen LogP contribution in [-0.2, 0) is 6.54 Å². The third kappa shape index (κ3) is 1.92. The smallest absolute Gasteiger partial charge is 0.123 e. The Labute approximate surface area is 79.8 Å². The molecule has 70 valence electrons. The van der Waals surface area contributed by atoms with Gasteiger partial charge in [-0.3, -0.25) is 0 Å². The molecule has 0 fully saturated rings. The van der Waals surface area contributed by atoms with Gasteiger partial charge in [0.05, 0.1) is 0 Å². The van der Waals surface area contributed by atoms with E-state index in [-0.39, 0.29) is 0 Å². The first-order valence-electron chi connectivity index (χ1n) is 4.63. The van der Waals surface area contributed by atoms with E-state index in [1.807, 2.05) is 6.92 Å². The summed E-state index contributed by atoms with van der Waals surface area (Å²) in [4.78, 5) is 0. The summed E-state index contributed by atoms with van der Waals surface area (Å²) in [5.74, 6) is 0.581. The number of aryl methyl sites for hydroxylation is 2. The van der Waals surface area contributed by atoms with Crippen molar-refractivity contribution in [3.8, 4) is 6.07 Å². The Bertz CT molecular complexity index is 340. The Kier molecular flexibility index (Phi) is 2.77. The summed E-state index contributed by atoms with van der Waals surface area (Å²) >= 11 is 0. The zero-order chi connectivity index (χ0) is 10.0. The van der Waals surface area contributed by atoms with Crippen LogP contribution in [-0.4, -0.2) is 4.57 Å². The molecule has 0 saturated carbocycles. The van der Waals surface area contributed by atoms with E-state index in [4.69, 9.17) is 5.26 Å². The van der Waals surface area contributed by atoms with E-state index in [1.54, 1.807) is 0 Å². The van der Waals surface area contributed by atoms with Crippen LogP contribution in [0.5, 0.6) is 0 Å². The fourth-order valence-corrected chi connectivity index (χ4v) is 1.60. The lowest BCUT2D eigenvalue weighted by Crippen LogP contribution is -2.08. The second kappa shape index (κ2) is 3.66. The van der Waals surface area contributed by atoms with Gasteiger partial charge in [0.25, 0.3) is 0 Å². The minimum Gasteiger partial charge on any atom is -0.336 e. The van der Waals surface area contributed by atoms with Crippen molar-refractivity contribution in [2.24, 2.45) is 5.92 Å². The van der Waals surface area contributed by atoms with Crippen LogP contribution < -0.4 is 0 Å². The highest BCUT2D eigenvalue weighted by Gasteiger charge is 2.09. The van der Waals surface area contributed by atoms with E-state index >= 15 is 0 Å². The van der Waals surface area contributed by atoms with Gasteiger partial charge in [-0.1, -0.05) is 13.8 Å². The van der Waals surface area contributed by atoms with Crippen LogP contribution in [0.1, 0.15) is 30.8 Å². The van der Waals surface area contributed by atoms with Crippen molar-refractivity contribution in [3.05, 3.63) is 23.0 Å². The Hall–Kier alpha value is -1.23. The quantitative estimate of drug-likeness (QED) is 0.681. The van der Waals surface area contributed by atoms with Crippen LogP contribution in [0.15, 0.2) is 6.07 Å². The molecule has 0 aliphatic heterocycles. The van der Waals surface area contributed by atoms with Gasteiger partial charge in [-0.2, -0.15) is 5.26 Å². The monoisotopic (exact) mass is 176 g/mol. The van der Waals surface area contributed by atoms with Crippen LogP contribution >= 0.6 is 0 Å².